The first-order chi connectivity index (χ1) is 14.8. The molecule has 158 valence electrons. The second kappa shape index (κ2) is 8.12. The van der Waals surface area contributed by atoms with Crippen LogP contribution in [0.25, 0.3) is 10.9 Å². The van der Waals surface area contributed by atoms with Crippen LogP contribution < -0.4 is 0 Å². The van der Waals surface area contributed by atoms with Crippen molar-refractivity contribution >= 4 is 26.5 Å². The van der Waals surface area contributed by atoms with Crippen LogP contribution in [0.1, 0.15) is 32.7 Å². The van der Waals surface area contributed by atoms with Gasteiger partial charge in [0.15, 0.2) is 10.8 Å². The second-order valence-electron chi connectivity index (χ2n) is 7.90. The molecule has 0 aliphatic carbocycles. The first-order valence-electron chi connectivity index (χ1n) is 10.1. The zero-order valence-electron chi connectivity index (χ0n) is 17.8. The summed E-state index contributed by atoms with van der Waals surface area (Å²) in [5.41, 5.74) is 5.91. The number of fused-ring (bicyclic) bond motifs is 1. The Morgan fingerprint density at radius 1 is 0.935 bits per heavy atom. The van der Waals surface area contributed by atoms with Crippen molar-refractivity contribution in [3.8, 4) is 0 Å². The van der Waals surface area contributed by atoms with Crippen LogP contribution in [0.5, 0.6) is 0 Å². The Kier molecular flexibility index (Phi) is 5.50. The van der Waals surface area contributed by atoms with Crippen molar-refractivity contribution in [2.24, 2.45) is 0 Å². The minimum atomic E-state index is -3.83. The van der Waals surface area contributed by atoms with Gasteiger partial charge < -0.3 is 4.57 Å². The molecular formula is C25H24N2O3S. The topological polar surface area (TPSA) is 69.0 Å². The molecule has 0 radical (unpaired) electrons. The van der Waals surface area contributed by atoms with Crippen molar-refractivity contribution in [1.82, 2.24) is 9.55 Å². The lowest BCUT2D eigenvalue weighted by molar-refractivity contribution is 0.101. The number of hydrogen-bond donors (Lipinski definition) is 0. The van der Waals surface area contributed by atoms with Gasteiger partial charge >= 0.3 is 0 Å². The van der Waals surface area contributed by atoms with Gasteiger partial charge in [0, 0.05) is 23.6 Å². The number of Topliss-reactive ketones (excluding diaryl/α,β-unsaturated/α-hetero) is 1. The molecule has 0 aliphatic heterocycles. The van der Waals surface area contributed by atoms with Crippen molar-refractivity contribution < 1.29 is 13.2 Å². The Morgan fingerprint density at radius 2 is 1.61 bits per heavy atom. The van der Waals surface area contributed by atoms with Gasteiger partial charge in [-0.25, -0.2) is 13.4 Å². The van der Waals surface area contributed by atoms with Crippen LogP contribution in [0.15, 0.2) is 71.9 Å². The second-order valence-corrected chi connectivity index (χ2v) is 9.84. The number of hydrogen-bond acceptors (Lipinski definition) is 4. The number of ketones is 1. The highest BCUT2D eigenvalue weighted by Crippen LogP contribution is 2.25. The van der Waals surface area contributed by atoms with Crippen molar-refractivity contribution in [2.75, 3.05) is 5.75 Å². The van der Waals surface area contributed by atoms with Gasteiger partial charge in [0.2, 0.25) is 9.84 Å². The Balaban J connectivity index is 1.78. The lowest BCUT2D eigenvalue weighted by Crippen LogP contribution is -2.20. The first kappa shape index (κ1) is 21.0. The number of para-hydroxylation sites is 1. The fourth-order valence-corrected chi connectivity index (χ4v) is 5.23. The molecule has 0 aliphatic rings. The summed E-state index contributed by atoms with van der Waals surface area (Å²) in [7, 11) is -3.83. The third kappa shape index (κ3) is 4.16. The molecule has 0 saturated heterocycles. The number of nitrogens with zero attached hydrogens (tertiary/aromatic N) is 2. The van der Waals surface area contributed by atoms with E-state index in [1.54, 1.807) is 18.2 Å². The molecule has 31 heavy (non-hydrogen) atoms. The predicted molar refractivity (Wildman–Crippen MR) is 122 cm³/mol. The third-order valence-electron chi connectivity index (χ3n) is 5.53. The first-order valence-corrected chi connectivity index (χ1v) is 11.7. The van der Waals surface area contributed by atoms with E-state index in [-0.39, 0.29) is 5.03 Å². The van der Waals surface area contributed by atoms with Crippen molar-refractivity contribution in [3.63, 3.8) is 0 Å². The van der Waals surface area contributed by atoms with Crippen molar-refractivity contribution in [2.45, 2.75) is 32.3 Å². The van der Waals surface area contributed by atoms with Crippen molar-refractivity contribution in [3.05, 3.63) is 94.8 Å². The van der Waals surface area contributed by atoms with Gasteiger partial charge in [-0.3, -0.25) is 4.79 Å². The maximum Gasteiger partial charge on any atom is 0.203 e. The van der Waals surface area contributed by atoms with E-state index in [1.807, 2.05) is 28.8 Å². The summed E-state index contributed by atoms with van der Waals surface area (Å²) in [6.45, 7) is 6.69. The minimum absolute atomic E-state index is 0.0868. The predicted octanol–water partition coefficient (Wildman–Crippen LogP) is 4.67. The summed E-state index contributed by atoms with van der Waals surface area (Å²) in [6.07, 6.45) is 1.41. The van der Waals surface area contributed by atoms with E-state index in [0.717, 1.165) is 27.6 Å². The van der Waals surface area contributed by atoms with Gasteiger partial charge in [-0.2, -0.15) is 0 Å². The van der Waals surface area contributed by atoms with Crippen LogP contribution in [0, 0.1) is 20.8 Å². The molecule has 0 spiro atoms. The number of benzene rings is 2. The molecule has 5 nitrogen and oxygen atoms in total. The normalized spacial score (nSPS) is 11.7. The van der Waals surface area contributed by atoms with E-state index in [2.05, 4.69) is 37.9 Å². The van der Waals surface area contributed by atoms with E-state index in [9.17, 15) is 13.2 Å². The van der Waals surface area contributed by atoms with Crippen LogP contribution >= 0.6 is 0 Å². The van der Waals surface area contributed by atoms with Crippen LogP contribution in [0.2, 0.25) is 0 Å². The zero-order chi connectivity index (χ0) is 22.2. The molecule has 2 heterocycles. The molecular weight excluding hydrogens is 408 g/mol. The molecule has 2 aromatic heterocycles. The van der Waals surface area contributed by atoms with Crippen molar-refractivity contribution in [1.29, 1.82) is 0 Å². The lowest BCUT2D eigenvalue weighted by atomic mass is 9.99. The molecule has 0 amide bonds. The van der Waals surface area contributed by atoms with Crippen LogP contribution in [0.4, 0.5) is 0 Å². The third-order valence-corrected chi connectivity index (χ3v) is 7.05. The minimum Gasteiger partial charge on any atom is -0.334 e. The number of rotatable bonds is 6. The number of carbonyl (C=O) groups excluding carboxylic acids is 1. The SMILES string of the molecule is Cc1cc(C)c(Cn2c(C(=O)CS(=O)(=O)c3ccccn3)cc3ccccc32)c(C)c1. The molecule has 0 N–H and O–H groups in total. The number of aromatic nitrogens is 2. The summed E-state index contributed by atoms with van der Waals surface area (Å²) >= 11 is 0. The molecule has 4 rings (SSSR count). The van der Waals surface area contributed by atoms with E-state index in [0.29, 0.717) is 12.2 Å². The molecule has 0 saturated carbocycles. The fourth-order valence-electron chi connectivity index (χ4n) is 4.08. The Bertz CT molecular complexity index is 1360. The lowest BCUT2D eigenvalue weighted by Gasteiger charge is -2.16. The summed E-state index contributed by atoms with van der Waals surface area (Å²) in [4.78, 5) is 17.1. The Hall–Kier alpha value is -3.25. The Morgan fingerprint density at radius 3 is 2.29 bits per heavy atom. The average Bonchev–Trinajstić information content (AvgIpc) is 3.10. The number of carbonyl (C=O) groups is 1. The maximum absolute atomic E-state index is 13.2. The molecule has 0 unspecified atom stereocenters. The van der Waals surface area contributed by atoms with Gasteiger partial charge in [0.05, 0.1) is 5.69 Å². The van der Waals surface area contributed by atoms with E-state index >= 15 is 0 Å². The van der Waals surface area contributed by atoms with Gasteiger partial charge in [-0.1, -0.05) is 42.0 Å². The molecule has 6 heteroatoms. The highest BCUT2D eigenvalue weighted by atomic mass is 32.2. The quantitative estimate of drug-likeness (QED) is 0.415. The van der Waals surface area contributed by atoms with Gasteiger partial charge in [-0.15, -0.1) is 0 Å². The molecule has 0 bridgehead atoms. The van der Waals surface area contributed by atoms with Crippen LogP contribution in [0.3, 0.4) is 0 Å². The molecule has 2 aromatic carbocycles. The highest BCUT2D eigenvalue weighted by Gasteiger charge is 2.25. The van der Waals surface area contributed by atoms with Crippen LogP contribution in [-0.4, -0.2) is 29.5 Å². The van der Waals surface area contributed by atoms with Gasteiger partial charge in [0.25, 0.3) is 0 Å². The fraction of sp³-hybridized carbons (Fsp3) is 0.200. The summed E-state index contributed by atoms with van der Waals surface area (Å²) in [5, 5.41) is 0.819. The maximum atomic E-state index is 13.2. The number of sulfone groups is 1. The van der Waals surface area contributed by atoms with E-state index in [4.69, 9.17) is 0 Å². The number of aryl methyl sites for hydroxylation is 3. The van der Waals surface area contributed by atoms with Gasteiger partial charge in [-0.05, 0) is 61.7 Å². The summed E-state index contributed by atoms with van der Waals surface area (Å²) < 4.78 is 27.4. The van der Waals surface area contributed by atoms with E-state index in [1.165, 1.54) is 17.8 Å². The smallest absolute Gasteiger partial charge is 0.203 e. The van der Waals surface area contributed by atoms with E-state index < -0.39 is 21.4 Å². The largest absolute Gasteiger partial charge is 0.334 e. The molecule has 0 atom stereocenters. The number of pyridine rings is 1. The average molecular weight is 433 g/mol. The van der Waals surface area contributed by atoms with Crippen LogP contribution in [-0.2, 0) is 16.4 Å². The summed E-state index contributed by atoms with van der Waals surface area (Å²) in [6, 6.07) is 18.4. The standard InChI is InChI=1S/C25H24N2O3S/c1-17-12-18(2)21(19(3)13-17)15-27-22-9-5-4-8-20(22)14-23(27)24(28)16-31(29,30)25-10-6-7-11-26-25/h4-14H,15-16H2,1-3H3. The molecule has 0 fully saturated rings. The summed E-state index contributed by atoms with van der Waals surface area (Å²) in [5.74, 6) is -1.06. The Labute approximate surface area is 182 Å². The molecule has 4 aromatic rings. The highest BCUT2D eigenvalue weighted by molar-refractivity contribution is 7.92. The zero-order valence-corrected chi connectivity index (χ0v) is 18.6. The monoisotopic (exact) mass is 432 g/mol. The van der Waals surface area contributed by atoms with Gasteiger partial charge in [0.1, 0.15) is 5.75 Å².